The molecule has 0 radical (unpaired) electrons. The number of ether oxygens (including phenoxy) is 1. The van der Waals surface area contributed by atoms with Gasteiger partial charge in [0.1, 0.15) is 0 Å². The highest BCUT2D eigenvalue weighted by Gasteiger charge is 2.13. The van der Waals surface area contributed by atoms with E-state index < -0.39 is 0 Å². The molecule has 1 aromatic carbocycles. The molecule has 0 amide bonds. The zero-order valence-corrected chi connectivity index (χ0v) is 8.86. The summed E-state index contributed by atoms with van der Waals surface area (Å²) in [5.74, 6) is 0. The van der Waals surface area contributed by atoms with Crippen LogP contribution in [-0.4, -0.2) is 19.2 Å². The van der Waals surface area contributed by atoms with Gasteiger partial charge in [-0.1, -0.05) is 30.3 Å². The van der Waals surface area contributed by atoms with Crippen molar-refractivity contribution in [3.63, 3.8) is 0 Å². The van der Waals surface area contributed by atoms with Crippen molar-refractivity contribution in [2.75, 3.05) is 13.1 Å². The van der Waals surface area contributed by atoms with Crippen LogP contribution in [0.25, 0.3) is 0 Å². The third kappa shape index (κ3) is 4.16. The SMILES string of the molecule is C#C.c1ccc(COC2CCNC2)cc1. The van der Waals surface area contributed by atoms with Gasteiger partial charge < -0.3 is 10.1 Å². The predicted octanol–water partition coefficient (Wildman–Crippen LogP) is 1.81. The lowest BCUT2D eigenvalue weighted by Crippen LogP contribution is -2.16. The molecule has 2 heteroatoms. The van der Waals surface area contributed by atoms with Crippen LogP contribution in [0.5, 0.6) is 0 Å². The Morgan fingerprint density at radius 1 is 1.27 bits per heavy atom. The van der Waals surface area contributed by atoms with E-state index in [2.05, 4.69) is 30.3 Å². The van der Waals surface area contributed by atoms with Gasteiger partial charge in [0.15, 0.2) is 0 Å². The lowest BCUT2D eigenvalue weighted by atomic mass is 10.2. The molecule has 1 fully saturated rings. The maximum absolute atomic E-state index is 5.73. The first-order chi connectivity index (χ1) is 7.45. The average molecular weight is 203 g/mol. The molecule has 15 heavy (non-hydrogen) atoms. The highest BCUT2D eigenvalue weighted by Crippen LogP contribution is 2.07. The molecular formula is C13H17NO. The Balaban J connectivity index is 0.000000531. The monoisotopic (exact) mass is 203 g/mol. The van der Waals surface area contributed by atoms with Crippen molar-refractivity contribution >= 4 is 0 Å². The molecule has 1 aliphatic heterocycles. The summed E-state index contributed by atoms with van der Waals surface area (Å²) in [4.78, 5) is 0. The van der Waals surface area contributed by atoms with Gasteiger partial charge in [-0.05, 0) is 18.5 Å². The summed E-state index contributed by atoms with van der Waals surface area (Å²) in [6.07, 6.45) is 9.56. The zero-order valence-electron chi connectivity index (χ0n) is 8.86. The molecule has 1 aliphatic rings. The van der Waals surface area contributed by atoms with Crippen LogP contribution in [0.3, 0.4) is 0 Å². The minimum atomic E-state index is 0.417. The van der Waals surface area contributed by atoms with Crippen LogP contribution in [0, 0.1) is 12.8 Å². The maximum atomic E-state index is 5.73. The first-order valence-corrected chi connectivity index (χ1v) is 5.15. The van der Waals surface area contributed by atoms with E-state index in [0.717, 1.165) is 26.1 Å². The number of nitrogens with one attached hydrogen (secondary N) is 1. The summed E-state index contributed by atoms with van der Waals surface area (Å²) in [5.41, 5.74) is 1.26. The van der Waals surface area contributed by atoms with Crippen LogP contribution < -0.4 is 5.32 Å². The highest BCUT2D eigenvalue weighted by molar-refractivity contribution is 5.13. The molecule has 2 nitrogen and oxygen atoms in total. The molecule has 1 saturated heterocycles. The van der Waals surface area contributed by atoms with E-state index in [4.69, 9.17) is 4.74 Å². The van der Waals surface area contributed by atoms with Crippen molar-refractivity contribution in [3.8, 4) is 12.8 Å². The van der Waals surface area contributed by atoms with E-state index in [0.29, 0.717) is 6.10 Å². The number of hydrogen-bond acceptors (Lipinski definition) is 2. The van der Waals surface area contributed by atoms with Crippen molar-refractivity contribution in [1.29, 1.82) is 0 Å². The van der Waals surface area contributed by atoms with Gasteiger partial charge in [-0.25, -0.2) is 0 Å². The number of hydrogen-bond donors (Lipinski definition) is 1. The van der Waals surface area contributed by atoms with Crippen LogP contribution in [0.1, 0.15) is 12.0 Å². The first-order valence-electron chi connectivity index (χ1n) is 5.15. The van der Waals surface area contributed by atoms with E-state index in [9.17, 15) is 0 Å². The van der Waals surface area contributed by atoms with E-state index >= 15 is 0 Å². The predicted molar refractivity (Wildman–Crippen MR) is 62.4 cm³/mol. The normalized spacial score (nSPS) is 19.2. The van der Waals surface area contributed by atoms with Gasteiger partial charge in [0.05, 0.1) is 12.7 Å². The van der Waals surface area contributed by atoms with Crippen LogP contribution in [0.2, 0.25) is 0 Å². The van der Waals surface area contributed by atoms with Crippen LogP contribution in [0.15, 0.2) is 30.3 Å². The lowest BCUT2D eigenvalue weighted by Gasteiger charge is -2.09. The Bertz CT molecular complexity index is 275. The zero-order chi connectivity index (χ0) is 10.9. The third-order valence-corrected chi connectivity index (χ3v) is 2.34. The molecule has 0 aromatic heterocycles. The molecule has 2 rings (SSSR count). The molecule has 0 saturated carbocycles. The van der Waals surface area contributed by atoms with Crippen molar-refractivity contribution in [2.24, 2.45) is 0 Å². The second kappa shape index (κ2) is 7.05. The van der Waals surface area contributed by atoms with E-state index in [-0.39, 0.29) is 0 Å². The minimum Gasteiger partial charge on any atom is -0.372 e. The number of benzene rings is 1. The topological polar surface area (TPSA) is 21.3 Å². The lowest BCUT2D eigenvalue weighted by molar-refractivity contribution is 0.0542. The van der Waals surface area contributed by atoms with Gasteiger partial charge in [-0.15, -0.1) is 12.8 Å². The molecular weight excluding hydrogens is 186 g/mol. The van der Waals surface area contributed by atoms with Gasteiger partial charge in [-0.3, -0.25) is 0 Å². The van der Waals surface area contributed by atoms with E-state index in [1.54, 1.807) is 0 Å². The van der Waals surface area contributed by atoms with Crippen LogP contribution >= 0.6 is 0 Å². The fourth-order valence-corrected chi connectivity index (χ4v) is 1.56. The minimum absolute atomic E-state index is 0.417. The summed E-state index contributed by atoms with van der Waals surface area (Å²) in [7, 11) is 0. The number of rotatable bonds is 3. The fraction of sp³-hybridized carbons (Fsp3) is 0.385. The molecule has 80 valence electrons. The molecule has 1 unspecified atom stereocenters. The van der Waals surface area contributed by atoms with Crippen LogP contribution in [-0.2, 0) is 11.3 Å². The molecule has 1 aromatic rings. The molecule has 0 aliphatic carbocycles. The second-order valence-corrected chi connectivity index (χ2v) is 3.41. The van der Waals surface area contributed by atoms with E-state index in [1.807, 2.05) is 18.2 Å². The van der Waals surface area contributed by atoms with Crippen LogP contribution in [0.4, 0.5) is 0 Å². The Hall–Kier alpha value is -1.30. The van der Waals surface area contributed by atoms with Crippen molar-refractivity contribution < 1.29 is 4.74 Å². The smallest absolute Gasteiger partial charge is 0.0721 e. The first kappa shape index (κ1) is 11.8. The molecule has 0 spiro atoms. The quantitative estimate of drug-likeness (QED) is 0.757. The Morgan fingerprint density at radius 3 is 2.60 bits per heavy atom. The van der Waals surface area contributed by atoms with Crippen molar-refractivity contribution in [3.05, 3.63) is 35.9 Å². The fourth-order valence-electron chi connectivity index (χ4n) is 1.56. The van der Waals surface area contributed by atoms with Gasteiger partial charge in [-0.2, -0.15) is 0 Å². The summed E-state index contributed by atoms with van der Waals surface area (Å²) in [6.45, 7) is 2.85. The summed E-state index contributed by atoms with van der Waals surface area (Å²) in [6, 6.07) is 10.3. The molecule has 1 N–H and O–H groups in total. The molecule has 1 heterocycles. The molecule has 1 atom stereocenters. The largest absolute Gasteiger partial charge is 0.372 e. The summed E-state index contributed by atoms with van der Waals surface area (Å²) < 4.78 is 5.73. The maximum Gasteiger partial charge on any atom is 0.0721 e. The van der Waals surface area contributed by atoms with Crippen molar-refractivity contribution in [2.45, 2.75) is 19.1 Å². The Morgan fingerprint density at radius 2 is 2.00 bits per heavy atom. The summed E-state index contributed by atoms with van der Waals surface area (Å²) in [5, 5.41) is 3.28. The van der Waals surface area contributed by atoms with Gasteiger partial charge in [0.2, 0.25) is 0 Å². The van der Waals surface area contributed by atoms with Gasteiger partial charge in [0.25, 0.3) is 0 Å². The Kier molecular flexibility index (Phi) is 5.54. The van der Waals surface area contributed by atoms with Crippen molar-refractivity contribution in [1.82, 2.24) is 5.32 Å². The summed E-state index contributed by atoms with van der Waals surface area (Å²) >= 11 is 0. The Labute approximate surface area is 91.6 Å². The number of terminal acetylenes is 1. The third-order valence-electron chi connectivity index (χ3n) is 2.34. The standard InChI is InChI=1S/C11H15NO.C2H2/c1-2-4-10(5-3-1)9-13-11-6-7-12-8-11;1-2/h1-5,11-12H,6-9H2;1-2H. The molecule has 0 bridgehead atoms. The van der Waals surface area contributed by atoms with E-state index in [1.165, 1.54) is 5.56 Å². The average Bonchev–Trinajstić information content (AvgIpc) is 2.83. The van der Waals surface area contributed by atoms with Gasteiger partial charge >= 0.3 is 0 Å². The highest BCUT2D eigenvalue weighted by atomic mass is 16.5. The van der Waals surface area contributed by atoms with Gasteiger partial charge in [0, 0.05) is 6.54 Å². The second-order valence-electron chi connectivity index (χ2n) is 3.41.